The summed E-state index contributed by atoms with van der Waals surface area (Å²) < 4.78 is 0. The van der Waals surface area contributed by atoms with Crippen molar-refractivity contribution in [2.75, 3.05) is 6.54 Å². The molecule has 4 heteroatoms. The Kier molecular flexibility index (Phi) is 3.49. The molecule has 1 aromatic carbocycles. The van der Waals surface area contributed by atoms with Crippen molar-refractivity contribution >= 4 is 17.2 Å². The molecule has 0 unspecified atom stereocenters. The Bertz CT molecular complexity index is 648. The Labute approximate surface area is 122 Å². The molecule has 1 N–H and O–H groups in total. The topological polar surface area (TPSA) is 40.5 Å². The van der Waals surface area contributed by atoms with Crippen LogP contribution in [-0.2, 0) is 19.4 Å². The predicted octanol–water partition coefficient (Wildman–Crippen LogP) is 3.21. The summed E-state index contributed by atoms with van der Waals surface area (Å²) in [5, 5.41) is 9.56. The van der Waals surface area contributed by atoms with Crippen molar-refractivity contribution in [3.8, 4) is 5.75 Å². The summed E-state index contributed by atoms with van der Waals surface area (Å²) in [7, 11) is 0. The minimum atomic E-state index is 0.101. The third-order valence-electron chi connectivity index (χ3n) is 3.71. The van der Waals surface area contributed by atoms with Gasteiger partial charge >= 0.3 is 0 Å². The first-order chi connectivity index (χ1) is 9.67. The van der Waals surface area contributed by atoms with E-state index in [0.29, 0.717) is 6.54 Å². The molecule has 2 heterocycles. The lowest BCUT2D eigenvalue weighted by molar-refractivity contribution is 0.0739. The van der Waals surface area contributed by atoms with Crippen LogP contribution >= 0.6 is 11.3 Å². The van der Waals surface area contributed by atoms with Crippen LogP contribution in [0.25, 0.3) is 0 Å². The number of benzene rings is 1. The average molecular weight is 287 g/mol. The Morgan fingerprint density at radius 2 is 2.15 bits per heavy atom. The fourth-order valence-electron chi connectivity index (χ4n) is 2.56. The molecule has 1 amide bonds. The molecule has 0 bridgehead atoms. The highest BCUT2D eigenvalue weighted by molar-refractivity contribution is 7.14. The summed E-state index contributed by atoms with van der Waals surface area (Å²) in [4.78, 5) is 16.4. The van der Waals surface area contributed by atoms with E-state index in [1.165, 1.54) is 10.4 Å². The molecular formula is C16H17NO2S. The van der Waals surface area contributed by atoms with Gasteiger partial charge in [-0.15, -0.1) is 11.3 Å². The van der Waals surface area contributed by atoms with Gasteiger partial charge in [0.2, 0.25) is 0 Å². The number of carbonyl (C=O) groups is 1. The van der Waals surface area contributed by atoms with E-state index in [-0.39, 0.29) is 11.7 Å². The Hall–Kier alpha value is -1.81. The van der Waals surface area contributed by atoms with Gasteiger partial charge in [-0.2, -0.15) is 0 Å². The molecule has 0 saturated heterocycles. The van der Waals surface area contributed by atoms with Crippen LogP contribution in [0.1, 0.15) is 32.6 Å². The summed E-state index contributed by atoms with van der Waals surface area (Å²) in [6.07, 6.45) is 1.82. The maximum atomic E-state index is 12.5. The van der Waals surface area contributed by atoms with E-state index in [0.717, 1.165) is 29.8 Å². The molecule has 1 aliphatic heterocycles. The molecule has 0 fully saturated rings. The van der Waals surface area contributed by atoms with Gasteiger partial charge in [0.05, 0.1) is 4.88 Å². The Balaban J connectivity index is 1.80. The normalized spacial score (nSPS) is 14.2. The highest BCUT2D eigenvalue weighted by Gasteiger charge is 2.23. The number of phenols is 1. The molecule has 20 heavy (non-hydrogen) atoms. The van der Waals surface area contributed by atoms with E-state index in [1.807, 2.05) is 23.1 Å². The Morgan fingerprint density at radius 1 is 1.30 bits per heavy atom. The molecule has 0 atom stereocenters. The highest BCUT2D eigenvalue weighted by Crippen LogP contribution is 2.26. The summed E-state index contributed by atoms with van der Waals surface area (Å²) in [6.45, 7) is 3.43. The second-order valence-corrected chi connectivity index (χ2v) is 6.22. The third-order valence-corrected chi connectivity index (χ3v) is 4.93. The molecule has 0 radical (unpaired) electrons. The average Bonchev–Trinajstić information content (AvgIpc) is 2.94. The van der Waals surface area contributed by atoms with Crippen LogP contribution in [0, 0.1) is 0 Å². The first-order valence-electron chi connectivity index (χ1n) is 6.86. The molecule has 3 rings (SSSR count). The van der Waals surface area contributed by atoms with Crippen molar-refractivity contribution in [2.24, 2.45) is 0 Å². The van der Waals surface area contributed by atoms with Crippen molar-refractivity contribution in [3.63, 3.8) is 0 Å². The minimum absolute atomic E-state index is 0.101. The number of hydrogen-bond acceptors (Lipinski definition) is 3. The number of carbonyl (C=O) groups excluding carboxylic acids is 1. The smallest absolute Gasteiger partial charge is 0.264 e. The number of fused-ring (bicyclic) bond motifs is 1. The zero-order chi connectivity index (χ0) is 14.1. The summed E-state index contributed by atoms with van der Waals surface area (Å²) in [5.41, 5.74) is 2.28. The molecule has 0 spiro atoms. The van der Waals surface area contributed by atoms with Gasteiger partial charge in [-0.3, -0.25) is 4.79 Å². The van der Waals surface area contributed by atoms with E-state index >= 15 is 0 Å². The van der Waals surface area contributed by atoms with E-state index in [1.54, 1.807) is 23.5 Å². The van der Waals surface area contributed by atoms with Crippen molar-refractivity contribution < 1.29 is 9.90 Å². The quantitative estimate of drug-likeness (QED) is 0.921. The number of phenolic OH excluding ortho intramolecular Hbond substituents is 1. The number of nitrogens with zero attached hydrogens (tertiary/aromatic N) is 1. The fraction of sp³-hybridized carbons (Fsp3) is 0.312. The van der Waals surface area contributed by atoms with Crippen molar-refractivity contribution in [3.05, 3.63) is 51.2 Å². The maximum absolute atomic E-state index is 12.5. The van der Waals surface area contributed by atoms with Gasteiger partial charge in [0.1, 0.15) is 5.75 Å². The molecule has 1 aliphatic rings. The van der Waals surface area contributed by atoms with Gasteiger partial charge in [-0.1, -0.05) is 13.0 Å². The zero-order valence-electron chi connectivity index (χ0n) is 11.4. The van der Waals surface area contributed by atoms with E-state index in [9.17, 15) is 9.90 Å². The van der Waals surface area contributed by atoms with Gasteiger partial charge < -0.3 is 10.0 Å². The molecular weight excluding hydrogens is 270 g/mol. The van der Waals surface area contributed by atoms with E-state index < -0.39 is 0 Å². The molecule has 1 aromatic heterocycles. The second-order valence-electron chi connectivity index (χ2n) is 5.05. The standard InChI is InChI=1S/C16H17NO2S/c1-2-14-5-6-15(20-14)16(19)17-8-7-11-3-4-13(18)9-12(11)10-17/h3-6,9,18H,2,7-8,10H2,1H3. The largest absolute Gasteiger partial charge is 0.508 e. The van der Waals surface area contributed by atoms with Gasteiger partial charge in [0.15, 0.2) is 0 Å². The number of aromatic hydroxyl groups is 1. The van der Waals surface area contributed by atoms with Gasteiger partial charge in [0.25, 0.3) is 5.91 Å². The van der Waals surface area contributed by atoms with Crippen LogP contribution in [0.2, 0.25) is 0 Å². The van der Waals surface area contributed by atoms with E-state index in [2.05, 4.69) is 6.92 Å². The van der Waals surface area contributed by atoms with Crippen molar-refractivity contribution in [1.29, 1.82) is 0 Å². The van der Waals surface area contributed by atoms with Crippen LogP contribution in [0.4, 0.5) is 0 Å². The second kappa shape index (κ2) is 5.29. The summed E-state index contributed by atoms with van der Waals surface area (Å²) in [6, 6.07) is 9.38. The van der Waals surface area contributed by atoms with Crippen LogP contribution in [0.15, 0.2) is 30.3 Å². The molecule has 2 aromatic rings. The van der Waals surface area contributed by atoms with Crippen LogP contribution in [-0.4, -0.2) is 22.5 Å². The number of amides is 1. The van der Waals surface area contributed by atoms with Crippen molar-refractivity contribution in [1.82, 2.24) is 4.90 Å². The SMILES string of the molecule is CCc1ccc(C(=O)N2CCc3ccc(O)cc3C2)s1. The Morgan fingerprint density at radius 3 is 2.90 bits per heavy atom. The predicted molar refractivity (Wildman–Crippen MR) is 80.2 cm³/mol. The first kappa shape index (κ1) is 13.2. The van der Waals surface area contributed by atoms with Gasteiger partial charge in [-0.05, 0) is 48.2 Å². The monoisotopic (exact) mass is 287 g/mol. The van der Waals surface area contributed by atoms with Gasteiger partial charge in [0, 0.05) is 18.0 Å². The lowest BCUT2D eigenvalue weighted by Gasteiger charge is -2.28. The van der Waals surface area contributed by atoms with Crippen LogP contribution in [0.5, 0.6) is 5.75 Å². The van der Waals surface area contributed by atoms with E-state index in [4.69, 9.17) is 0 Å². The maximum Gasteiger partial charge on any atom is 0.264 e. The number of aryl methyl sites for hydroxylation is 1. The molecule has 104 valence electrons. The lowest BCUT2D eigenvalue weighted by Crippen LogP contribution is -2.35. The molecule has 0 aliphatic carbocycles. The summed E-state index contributed by atoms with van der Waals surface area (Å²) in [5.74, 6) is 0.367. The first-order valence-corrected chi connectivity index (χ1v) is 7.68. The highest BCUT2D eigenvalue weighted by atomic mass is 32.1. The number of hydrogen-bond donors (Lipinski definition) is 1. The molecule has 3 nitrogen and oxygen atoms in total. The zero-order valence-corrected chi connectivity index (χ0v) is 12.2. The van der Waals surface area contributed by atoms with Crippen LogP contribution < -0.4 is 0 Å². The lowest BCUT2D eigenvalue weighted by atomic mass is 9.99. The van der Waals surface area contributed by atoms with Crippen LogP contribution in [0.3, 0.4) is 0 Å². The molecule has 0 saturated carbocycles. The van der Waals surface area contributed by atoms with Crippen molar-refractivity contribution in [2.45, 2.75) is 26.3 Å². The third kappa shape index (κ3) is 2.43. The number of thiophene rings is 1. The van der Waals surface area contributed by atoms with Gasteiger partial charge in [-0.25, -0.2) is 0 Å². The number of rotatable bonds is 2. The minimum Gasteiger partial charge on any atom is -0.508 e. The fourth-order valence-corrected chi connectivity index (χ4v) is 3.47. The summed E-state index contributed by atoms with van der Waals surface area (Å²) >= 11 is 1.58.